The van der Waals surface area contributed by atoms with Gasteiger partial charge in [0.25, 0.3) is 5.91 Å². The SMILES string of the molecule is CC(C)CCNC(=O)c1cc(Nc2ccccc2)ccn1. The molecule has 21 heavy (non-hydrogen) atoms. The quantitative estimate of drug-likeness (QED) is 0.851. The third-order valence-corrected chi connectivity index (χ3v) is 3.06. The third kappa shape index (κ3) is 4.91. The summed E-state index contributed by atoms with van der Waals surface area (Å²) in [5.74, 6) is 0.441. The summed E-state index contributed by atoms with van der Waals surface area (Å²) >= 11 is 0. The first-order chi connectivity index (χ1) is 10.1. The summed E-state index contributed by atoms with van der Waals surface area (Å²) in [5, 5.41) is 6.15. The maximum Gasteiger partial charge on any atom is 0.269 e. The van der Waals surface area contributed by atoms with Crippen molar-refractivity contribution in [3.8, 4) is 0 Å². The topological polar surface area (TPSA) is 54.0 Å². The van der Waals surface area contributed by atoms with Crippen molar-refractivity contribution in [2.24, 2.45) is 5.92 Å². The zero-order valence-electron chi connectivity index (χ0n) is 12.5. The number of hydrogen-bond donors (Lipinski definition) is 2. The number of aromatic nitrogens is 1. The molecule has 2 aromatic rings. The molecule has 1 heterocycles. The Kier molecular flexibility index (Phi) is 5.32. The summed E-state index contributed by atoms with van der Waals surface area (Å²) in [6.07, 6.45) is 2.61. The van der Waals surface area contributed by atoms with Crippen molar-refractivity contribution in [2.75, 3.05) is 11.9 Å². The van der Waals surface area contributed by atoms with Crippen molar-refractivity contribution in [1.29, 1.82) is 0 Å². The third-order valence-electron chi connectivity index (χ3n) is 3.06. The Morgan fingerprint density at radius 1 is 1.14 bits per heavy atom. The Morgan fingerprint density at radius 2 is 1.90 bits per heavy atom. The van der Waals surface area contributed by atoms with Crippen LogP contribution in [0.3, 0.4) is 0 Å². The van der Waals surface area contributed by atoms with Gasteiger partial charge in [0.2, 0.25) is 0 Å². The number of nitrogens with zero attached hydrogens (tertiary/aromatic N) is 1. The van der Waals surface area contributed by atoms with Crippen LogP contribution in [-0.4, -0.2) is 17.4 Å². The van der Waals surface area contributed by atoms with Gasteiger partial charge in [0, 0.05) is 24.1 Å². The maximum atomic E-state index is 12.0. The van der Waals surface area contributed by atoms with Crippen LogP contribution in [0.15, 0.2) is 48.7 Å². The average Bonchev–Trinajstić information content (AvgIpc) is 2.48. The van der Waals surface area contributed by atoms with E-state index in [1.54, 1.807) is 12.3 Å². The number of carbonyl (C=O) groups is 1. The number of benzene rings is 1. The van der Waals surface area contributed by atoms with Crippen LogP contribution in [0.5, 0.6) is 0 Å². The molecule has 1 amide bonds. The number of rotatable bonds is 6. The van der Waals surface area contributed by atoms with Gasteiger partial charge in [-0.15, -0.1) is 0 Å². The summed E-state index contributed by atoms with van der Waals surface area (Å²) in [6, 6.07) is 13.4. The molecule has 0 aliphatic heterocycles. The molecule has 0 aliphatic rings. The lowest BCUT2D eigenvalue weighted by Gasteiger charge is -2.09. The second-order valence-electron chi connectivity index (χ2n) is 5.36. The fourth-order valence-electron chi connectivity index (χ4n) is 1.89. The number of amides is 1. The van der Waals surface area contributed by atoms with Crippen LogP contribution in [0.25, 0.3) is 0 Å². The average molecular weight is 283 g/mol. The van der Waals surface area contributed by atoms with Crippen molar-refractivity contribution in [3.63, 3.8) is 0 Å². The van der Waals surface area contributed by atoms with Crippen LogP contribution < -0.4 is 10.6 Å². The van der Waals surface area contributed by atoms with Crippen molar-refractivity contribution in [3.05, 3.63) is 54.4 Å². The molecule has 0 unspecified atom stereocenters. The molecule has 1 aromatic heterocycles. The first-order valence-electron chi connectivity index (χ1n) is 7.21. The molecule has 110 valence electrons. The minimum atomic E-state index is -0.132. The van der Waals surface area contributed by atoms with E-state index in [4.69, 9.17) is 0 Å². The largest absolute Gasteiger partial charge is 0.355 e. The van der Waals surface area contributed by atoms with Crippen LogP contribution in [0.1, 0.15) is 30.8 Å². The van der Waals surface area contributed by atoms with E-state index in [1.807, 2.05) is 36.4 Å². The first-order valence-corrected chi connectivity index (χ1v) is 7.21. The van der Waals surface area contributed by atoms with Gasteiger partial charge in [-0.2, -0.15) is 0 Å². The fourth-order valence-corrected chi connectivity index (χ4v) is 1.89. The van der Waals surface area contributed by atoms with Crippen LogP contribution >= 0.6 is 0 Å². The number of hydrogen-bond acceptors (Lipinski definition) is 3. The van der Waals surface area contributed by atoms with Gasteiger partial charge in [-0.05, 0) is 36.6 Å². The number of nitrogens with one attached hydrogen (secondary N) is 2. The van der Waals surface area contributed by atoms with Crippen molar-refractivity contribution >= 4 is 17.3 Å². The molecular weight excluding hydrogens is 262 g/mol. The zero-order valence-corrected chi connectivity index (χ0v) is 12.5. The van der Waals surface area contributed by atoms with Crippen LogP contribution in [0, 0.1) is 5.92 Å². The van der Waals surface area contributed by atoms with Crippen LogP contribution in [0.2, 0.25) is 0 Å². The lowest BCUT2D eigenvalue weighted by atomic mass is 10.1. The van der Waals surface area contributed by atoms with E-state index in [1.165, 1.54) is 0 Å². The molecule has 0 fully saturated rings. The minimum Gasteiger partial charge on any atom is -0.355 e. The molecule has 0 atom stereocenters. The molecule has 1 aromatic carbocycles. The fraction of sp³-hybridized carbons (Fsp3) is 0.294. The van der Waals surface area contributed by atoms with Gasteiger partial charge in [0.05, 0.1) is 0 Å². The second-order valence-corrected chi connectivity index (χ2v) is 5.36. The molecule has 0 saturated heterocycles. The molecule has 4 heteroatoms. The van der Waals surface area contributed by atoms with Gasteiger partial charge in [-0.3, -0.25) is 9.78 Å². The zero-order chi connectivity index (χ0) is 15.1. The monoisotopic (exact) mass is 283 g/mol. The highest BCUT2D eigenvalue weighted by Crippen LogP contribution is 2.16. The highest BCUT2D eigenvalue weighted by atomic mass is 16.1. The highest BCUT2D eigenvalue weighted by Gasteiger charge is 2.07. The van der Waals surface area contributed by atoms with Crippen molar-refractivity contribution < 1.29 is 4.79 Å². The van der Waals surface area contributed by atoms with Gasteiger partial charge in [0.15, 0.2) is 0 Å². The molecule has 2 N–H and O–H groups in total. The summed E-state index contributed by atoms with van der Waals surface area (Å²) in [4.78, 5) is 16.2. The Labute approximate surface area is 125 Å². The van der Waals surface area contributed by atoms with E-state index in [2.05, 4.69) is 29.5 Å². The molecule has 0 radical (unpaired) electrons. The number of carbonyl (C=O) groups excluding carboxylic acids is 1. The Hall–Kier alpha value is -2.36. The Morgan fingerprint density at radius 3 is 2.62 bits per heavy atom. The van der Waals surface area contributed by atoms with Gasteiger partial charge in [0.1, 0.15) is 5.69 Å². The lowest BCUT2D eigenvalue weighted by Crippen LogP contribution is -2.26. The molecule has 0 aliphatic carbocycles. The summed E-state index contributed by atoms with van der Waals surface area (Å²) in [7, 11) is 0. The summed E-state index contributed by atoms with van der Waals surface area (Å²) < 4.78 is 0. The molecule has 2 rings (SSSR count). The number of pyridine rings is 1. The van der Waals surface area contributed by atoms with Crippen molar-refractivity contribution in [1.82, 2.24) is 10.3 Å². The van der Waals surface area contributed by atoms with E-state index >= 15 is 0 Å². The standard InChI is InChI=1S/C17H21N3O/c1-13(2)8-10-19-17(21)16-12-15(9-11-18-16)20-14-6-4-3-5-7-14/h3-7,9,11-13H,8,10H2,1-2H3,(H,18,20)(H,19,21). The van der Waals surface area contributed by atoms with E-state index in [9.17, 15) is 4.79 Å². The van der Waals surface area contributed by atoms with Gasteiger partial charge < -0.3 is 10.6 Å². The lowest BCUT2D eigenvalue weighted by molar-refractivity contribution is 0.0947. The number of anilines is 2. The van der Waals surface area contributed by atoms with Gasteiger partial charge >= 0.3 is 0 Å². The smallest absolute Gasteiger partial charge is 0.269 e. The van der Waals surface area contributed by atoms with Crippen molar-refractivity contribution in [2.45, 2.75) is 20.3 Å². The van der Waals surface area contributed by atoms with Gasteiger partial charge in [-0.1, -0.05) is 32.0 Å². The predicted octanol–water partition coefficient (Wildman–Crippen LogP) is 3.60. The minimum absolute atomic E-state index is 0.132. The second kappa shape index (κ2) is 7.43. The van der Waals surface area contributed by atoms with Crippen LogP contribution in [0.4, 0.5) is 11.4 Å². The van der Waals surface area contributed by atoms with E-state index in [-0.39, 0.29) is 5.91 Å². The molecule has 0 bridgehead atoms. The van der Waals surface area contributed by atoms with E-state index in [0.29, 0.717) is 18.2 Å². The van der Waals surface area contributed by atoms with E-state index < -0.39 is 0 Å². The summed E-state index contributed by atoms with van der Waals surface area (Å²) in [5.41, 5.74) is 2.26. The molecule has 0 saturated carbocycles. The van der Waals surface area contributed by atoms with Crippen LogP contribution in [-0.2, 0) is 0 Å². The summed E-state index contributed by atoms with van der Waals surface area (Å²) in [6.45, 7) is 4.94. The Bertz CT molecular complexity index is 582. The maximum absolute atomic E-state index is 12.0. The van der Waals surface area contributed by atoms with Gasteiger partial charge in [-0.25, -0.2) is 0 Å². The van der Waals surface area contributed by atoms with E-state index in [0.717, 1.165) is 17.8 Å². The first kappa shape index (κ1) is 15.0. The predicted molar refractivity (Wildman–Crippen MR) is 85.7 cm³/mol. The molecule has 0 spiro atoms. The number of para-hydroxylation sites is 1. The molecular formula is C17H21N3O. The Balaban J connectivity index is 1.98. The normalized spacial score (nSPS) is 10.4. The highest BCUT2D eigenvalue weighted by molar-refractivity contribution is 5.93. The molecule has 4 nitrogen and oxygen atoms in total.